The first-order valence-electron chi connectivity index (χ1n) is 20.1. The van der Waals surface area contributed by atoms with Crippen LogP contribution in [-0.2, 0) is 31.3 Å². The number of aryl methyl sites for hydroxylation is 3. The van der Waals surface area contributed by atoms with Gasteiger partial charge in [-0.25, -0.2) is 0 Å². The van der Waals surface area contributed by atoms with Gasteiger partial charge in [0.05, 0.1) is 10.2 Å². The summed E-state index contributed by atoms with van der Waals surface area (Å²) in [4.78, 5) is 18.7. The molecule has 0 bridgehead atoms. The molecule has 3 nitrogen and oxygen atoms in total. The van der Waals surface area contributed by atoms with Crippen molar-refractivity contribution in [2.75, 3.05) is 0 Å². The number of hydrogen-bond donors (Lipinski definition) is 1. The molecule has 0 atom stereocenters. The summed E-state index contributed by atoms with van der Waals surface area (Å²) in [6.45, 7) is 23.4. The molecule has 2 aromatic heterocycles. The Morgan fingerprint density at radius 3 is 1.98 bits per heavy atom. The molecule has 5 heteroatoms. The third kappa shape index (κ3) is 9.79. The van der Waals surface area contributed by atoms with Gasteiger partial charge in [-0.2, -0.15) is 0 Å². The van der Waals surface area contributed by atoms with Crippen molar-refractivity contribution in [3.8, 4) is 33.5 Å². The number of rotatable bonds is 12. The van der Waals surface area contributed by atoms with E-state index in [0.29, 0.717) is 5.92 Å². The topological polar surface area (TPSA) is 50.2 Å². The van der Waals surface area contributed by atoms with Crippen LogP contribution in [0.15, 0.2) is 96.8 Å². The van der Waals surface area contributed by atoms with Crippen LogP contribution in [0.3, 0.4) is 0 Å². The van der Waals surface area contributed by atoms with Gasteiger partial charge in [0.2, 0.25) is 0 Å². The summed E-state index contributed by atoms with van der Waals surface area (Å²) in [5.41, 5.74) is 11.6. The number of pyridine rings is 1. The number of fused-ring (bicyclic) bond motifs is 2. The molecule has 0 fully saturated rings. The smallest absolute Gasteiger partial charge is 0.164 e. The molecule has 4 aromatic carbocycles. The van der Waals surface area contributed by atoms with E-state index < -0.39 is 0 Å². The first kappa shape index (κ1) is 44.8. The van der Waals surface area contributed by atoms with Crippen molar-refractivity contribution in [1.29, 1.82) is 0 Å². The molecule has 0 aliphatic rings. The average Bonchev–Trinajstić information content (AvgIpc) is 3.56. The molecule has 2 heterocycles. The Kier molecular flexibility index (Phi) is 15.2. The molecule has 0 saturated carbocycles. The maximum Gasteiger partial charge on any atom is 0.164 e. The van der Waals surface area contributed by atoms with E-state index in [9.17, 15) is 9.90 Å². The van der Waals surface area contributed by atoms with E-state index in [-0.39, 0.29) is 42.5 Å². The summed E-state index contributed by atoms with van der Waals surface area (Å²) in [6, 6.07) is 34.4. The SMILES string of the molecule is CCC(C)(CC)C(=O)/C=C(\O)C(C)(CC)CC.Cc1cc2nc(-c3[c-]c4ccccc4c(-c4ccccc4)c3)cc(-c3c(C)cc(CC(C)C)cc3C)c2s1.[Ir]. The first-order chi connectivity index (χ1) is 26.2. The van der Waals surface area contributed by atoms with Gasteiger partial charge in [-0.05, 0) is 98.2 Å². The maximum atomic E-state index is 12.2. The second-order valence-electron chi connectivity index (χ2n) is 16.3. The van der Waals surface area contributed by atoms with Crippen LogP contribution < -0.4 is 0 Å². The molecule has 6 rings (SSSR count). The number of hydrogen-bond acceptors (Lipinski definition) is 4. The normalized spacial score (nSPS) is 12.1. The van der Waals surface area contributed by atoms with Gasteiger partial charge in [-0.1, -0.05) is 139 Å². The van der Waals surface area contributed by atoms with Crippen LogP contribution in [0.4, 0.5) is 0 Å². The minimum Gasteiger partial charge on any atom is -0.512 e. The Labute approximate surface area is 354 Å². The van der Waals surface area contributed by atoms with Crippen LogP contribution >= 0.6 is 11.3 Å². The van der Waals surface area contributed by atoms with E-state index in [4.69, 9.17) is 4.98 Å². The number of carbonyl (C=O) groups is 1. The molecule has 0 aliphatic heterocycles. The zero-order valence-corrected chi connectivity index (χ0v) is 38.5. The monoisotopic (exact) mass is 943 g/mol. The number of benzene rings is 4. The van der Waals surface area contributed by atoms with Gasteiger partial charge in [0.25, 0.3) is 0 Å². The molecule has 0 amide bonds. The van der Waals surface area contributed by atoms with Crippen molar-refractivity contribution in [2.24, 2.45) is 16.7 Å². The van der Waals surface area contributed by atoms with E-state index in [2.05, 4.69) is 126 Å². The van der Waals surface area contributed by atoms with Crippen molar-refractivity contribution in [2.45, 2.75) is 108 Å². The van der Waals surface area contributed by atoms with E-state index in [0.717, 1.165) is 54.3 Å². The number of aliphatic hydroxyl groups excluding tert-OH is 1. The molecule has 297 valence electrons. The van der Waals surface area contributed by atoms with Gasteiger partial charge in [0, 0.05) is 47.6 Å². The fraction of sp³-hybridized carbons (Fsp3) is 0.373. The van der Waals surface area contributed by atoms with E-state index in [1.165, 1.54) is 60.0 Å². The summed E-state index contributed by atoms with van der Waals surface area (Å²) in [5.74, 6) is 0.926. The second kappa shape index (κ2) is 19.0. The summed E-state index contributed by atoms with van der Waals surface area (Å²) >= 11 is 1.84. The summed E-state index contributed by atoms with van der Waals surface area (Å²) in [6.07, 6.45) is 5.86. The molecular formula is C51H60IrNO2S-. The number of thiophene rings is 1. The van der Waals surface area contributed by atoms with Crippen LogP contribution in [0.2, 0.25) is 0 Å². The molecule has 0 saturated heterocycles. The Morgan fingerprint density at radius 2 is 1.39 bits per heavy atom. The zero-order chi connectivity index (χ0) is 40.1. The number of ketones is 1. The molecule has 0 aliphatic carbocycles. The van der Waals surface area contributed by atoms with Gasteiger partial charge in [-0.15, -0.1) is 34.9 Å². The van der Waals surface area contributed by atoms with Crippen LogP contribution in [-0.4, -0.2) is 15.9 Å². The number of aromatic nitrogens is 1. The van der Waals surface area contributed by atoms with Crippen LogP contribution in [0.5, 0.6) is 0 Å². The fourth-order valence-electron chi connectivity index (χ4n) is 7.44. The average molecular weight is 943 g/mol. The third-order valence-corrected chi connectivity index (χ3v) is 12.9. The molecule has 0 spiro atoms. The Hall–Kier alpha value is -3.89. The standard InChI is InChI=1S/C36H32NS.C15H28O2.Ir/c1-22(2)15-26-16-23(3)35(24(4)17-26)32-21-33(37-34-18-25(5)38-36(32)34)29-19-28-13-9-10-14-30(28)31(20-29)27-11-7-6-8-12-27;1-7-14(5,8-2)12(16)11-13(17)15(6,9-3)10-4;/h6-14,16-18,20-22H,15H2,1-5H3;11,16H,7-10H2,1-6H3;/q-1;;/b;12-11-;. The number of nitrogens with zero attached hydrogens (tertiary/aromatic N) is 1. The van der Waals surface area contributed by atoms with Crippen LogP contribution in [0.1, 0.15) is 103 Å². The predicted octanol–water partition coefficient (Wildman–Crippen LogP) is 15.0. The van der Waals surface area contributed by atoms with Crippen molar-refractivity contribution in [3.63, 3.8) is 0 Å². The first-order valence-corrected chi connectivity index (χ1v) is 21.0. The fourth-order valence-corrected chi connectivity index (χ4v) is 8.41. The zero-order valence-electron chi connectivity index (χ0n) is 35.3. The summed E-state index contributed by atoms with van der Waals surface area (Å²) < 4.78 is 1.26. The molecule has 1 N–H and O–H groups in total. The quantitative estimate of drug-likeness (QED) is 0.0755. The molecule has 56 heavy (non-hydrogen) atoms. The maximum absolute atomic E-state index is 12.2. The van der Waals surface area contributed by atoms with Crippen molar-refractivity contribution >= 4 is 38.1 Å². The van der Waals surface area contributed by atoms with E-state index in [1.54, 1.807) is 0 Å². The van der Waals surface area contributed by atoms with E-state index in [1.807, 2.05) is 52.9 Å². The second-order valence-corrected chi connectivity index (χ2v) is 17.5. The van der Waals surface area contributed by atoms with Gasteiger partial charge in [0.15, 0.2) is 5.78 Å². The number of allylic oxidation sites excluding steroid dienone is 2. The molecule has 0 unspecified atom stereocenters. The summed E-state index contributed by atoms with van der Waals surface area (Å²) in [7, 11) is 0. The van der Waals surface area contributed by atoms with Crippen LogP contribution in [0.25, 0.3) is 54.5 Å². The minimum absolute atomic E-state index is 0. The molecule has 6 aromatic rings. The van der Waals surface area contributed by atoms with Crippen molar-refractivity contribution in [1.82, 2.24) is 4.98 Å². The van der Waals surface area contributed by atoms with Gasteiger partial charge >= 0.3 is 0 Å². The summed E-state index contributed by atoms with van der Waals surface area (Å²) in [5, 5.41) is 12.5. The Morgan fingerprint density at radius 1 is 0.804 bits per heavy atom. The number of aliphatic hydroxyl groups is 1. The Balaban J connectivity index is 0.000000330. The predicted molar refractivity (Wildman–Crippen MR) is 238 cm³/mol. The number of carbonyl (C=O) groups excluding carboxylic acids is 1. The van der Waals surface area contributed by atoms with Gasteiger partial charge in [0.1, 0.15) is 5.76 Å². The molecule has 1 radical (unpaired) electrons. The molecular weight excluding hydrogens is 883 g/mol. The van der Waals surface area contributed by atoms with Gasteiger partial charge in [-0.3, -0.25) is 9.78 Å². The van der Waals surface area contributed by atoms with Crippen LogP contribution in [0, 0.1) is 43.6 Å². The van der Waals surface area contributed by atoms with Gasteiger partial charge < -0.3 is 5.11 Å². The minimum atomic E-state index is -0.337. The van der Waals surface area contributed by atoms with E-state index >= 15 is 0 Å². The Bertz CT molecular complexity index is 2290. The third-order valence-electron chi connectivity index (χ3n) is 11.8. The van der Waals surface area contributed by atoms with Crippen molar-refractivity contribution < 1.29 is 30.0 Å². The largest absolute Gasteiger partial charge is 0.512 e. The van der Waals surface area contributed by atoms with Crippen molar-refractivity contribution in [3.05, 3.63) is 124 Å².